The number of nitrogens with one attached hydrogen (secondary N) is 2. The second-order valence-electron chi connectivity index (χ2n) is 6.95. The topological polar surface area (TPSA) is 89.1 Å². The van der Waals surface area contributed by atoms with Gasteiger partial charge in [0.1, 0.15) is 0 Å². The molecule has 2 aromatic rings. The zero-order valence-electron chi connectivity index (χ0n) is 17.5. The summed E-state index contributed by atoms with van der Waals surface area (Å²) >= 11 is 0. The van der Waals surface area contributed by atoms with Gasteiger partial charge in [0.15, 0.2) is 11.5 Å². The Labute approximate surface area is 176 Å². The average molecular weight is 413 g/mol. The maximum Gasteiger partial charge on any atom is 0.323 e. The SMILES string of the molecule is COc1cc(NC(=O)Nc2ccc(CC(=O)N3CCCC3)cc2)cc(OC)c1OC. The molecule has 0 aromatic heterocycles. The Morgan fingerprint density at radius 1 is 0.867 bits per heavy atom. The highest BCUT2D eigenvalue weighted by molar-refractivity contribution is 6.00. The predicted molar refractivity (Wildman–Crippen MR) is 115 cm³/mol. The van der Waals surface area contributed by atoms with Gasteiger partial charge in [-0.1, -0.05) is 12.1 Å². The van der Waals surface area contributed by atoms with Crippen molar-refractivity contribution in [3.63, 3.8) is 0 Å². The predicted octanol–water partition coefficient (Wildman–Crippen LogP) is 3.52. The third kappa shape index (κ3) is 5.14. The minimum absolute atomic E-state index is 0.147. The molecule has 1 fully saturated rings. The summed E-state index contributed by atoms with van der Waals surface area (Å²) in [6.45, 7) is 1.69. The first-order valence-corrected chi connectivity index (χ1v) is 9.78. The molecule has 1 aliphatic rings. The molecule has 1 aliphatic heterocycles. The third-order valence-corrected chi connectivity index (χ3v) is 4.95. The highest BCUT2D eigenvalue weighted by Crippen LogP contribution is 2.39. The van der Waals surface area contributed by atoms with Crippen LogP contribution in [-0.4, -0.2) is 51.3 Å². The Kier molecular flexibility index (Phi) is 7.00. The number of urea groups is 1. The largest absolute Gasteiger partial charge is 0.493 e. The monoisotopic (exact) mass is 413 g/mol. The van der Waals surface area contributed by atoms with E-state index in [0.29, 0.717) is 35.0 Å². The van der Waals surface area contributed by atoms with Gasteiger partial charge in [-0.05, 0) is 30.5 Å². The van der Waals surface area contributed by atoms with Crippen LogP contribution in [0.1, 0.15) is 18.4 Å². The fourth-order valence-corrected chi connectivity index (χ4v) is 3.41. The van der Waals surface area contributed by atoms with Crippen LogP contribution in [-0.2, 0) is 11.2 Å². The van der Waals surface area contributed by atoms with Gasteiger partial charge in [0, 0.05) is 30.9 Å². The van der Waals surface area contributed by atoms with E-state index in [1.807, 2.05) is 17.0 Å². The minimum atomic E-state index is -0.412. The standard InChI is InChI=1S/C22H27N3O5/c1-28-18-13-17(14-19(29-2)21(18)30-3)24-22(27)23-16-8-6-15(7-9-16)12-20(26)25-10-4-5-11-25/h6-9,13-14H,4-5,10-12H2,1-3H3,(H2,23,24,27). The molecule has 8 heteroatoms. The fraction of sp³-hybridized carbons (Fsp3) is 0.364. The van der Waals surface area contributed by atoms with Gasteiger partial charge in [0.2, 0.25) is 11.7 Å². The zero-order valence-corrected chi connectivity index (χ0v) is 17.5. The number of anilines is 2. The first kappa shape index (κ1) is 21.3. The van der Waals surface area contributed by atoms with E-state index in [2.05, 4.69) is 10.6 Å². The molecule has 3 amide bonds. The van der Waals surface area contributed by atoms with E-state index in [4.69, 9.17) is 14.2 Å². The fourth-order valence-electron chi connectivity index (χ4n) is 3.41. The van der Waals surface area contributed by atoms with Gasteiger partial charge in [-0.25, -0.2) is 4.79 Å². The number of likely N-dealkylation sites (tertiary alicyclic amines) is 1. The number of benzene rings is 2. The molecule has 160 valence electrons. The zero-order chi connectivity index (χ0) is 21.5. The Morgan fingerprint density at radius 3 is 1.97 bits per heavy atom. The maximum absolute atomic E-state index is 12.4. The van der Waals surface area contributed by atoms with Crippen LogP contribution in [0, 0.1) is 0 Å². The van der Waals surface area contributed by atoms with Crippen LogP contribution in [0.2, 0.25) is 0 Å². The van der Waals surface area contributed by atoms with E-state index < -0.39 is 6.03 Å². The van der Waals surface area contributed by atoms with Crippen molar-refractivity contribution in [1.82, 2.24) is 4.90 Å². The number of hydrogen-bond acceptors (Lipinski definition) is 5. The molecule has 0 aliphatic carbocycles. The number of amides is 3. The molecular weight excluding hydrogens is 386 g/mol. The number of ether oxygens (including phenoxy) is 3. The molecule has 2 N–H and O–H groups in total. The molecule has 0 saturated carbocycles. The lowest BCUT2D eigenvalue weighted by Gasteiger charge is -2.15. The summed E-state index contributed by atoms with van der Waals surface area (Å²) < 4.78 is 15.9. The first-order valence-electron chi connectivity index (χ1n) is 9.78. The molecule has 0 bridgehead atoms. The van der Waals surface area contributed by atoms with Crippen molar-refractivity contribution in [1.29, 1.82) is 0 Å². The second kappa shape index (κ2) is 9.87. The number of methoxy groups -OCH3 is 3. The Morgan fingerprint density at radius 2 is 1.43 bits per heavy atom. The average Bonchev–Trinajstić information content (AvgIpc) is 3.29. The van der Waals surface area contributed by atoms with Crippen molar-refractivity contribution in [2.24, 2.45) is 0 Å². The van der Waals surface area contributed by atoms with Crippen molar-refractivity contribution in [3.05, 3.63) is 42.0 Å². The molecule has 0 radical (unpaired) electrons. The van der Waals surface area contributed by atoms with Crippen LogP contribution < -0.4 is 24.8 Å². The summed E-state index contributed by atoms with van der Waals surface area (Å²) in [6.07, 6.45) is 2.53. The van der Waals surface area contributed by atoms with Crippen molar-refractivity contribution in [2.45, 2.75) is 19.3 Å². The van der Waals surface area contributed by atoms with Crippen LogP contribution >= 0.6 is 0 Å². The summed E-state index contributed by atoms with van der Waals surface area (Å²) in [5.41, 5.74) is 2.04. The minimum Gasteiger partial charge on any atom is -0.493 e. The van der Waals surface area contributed by atoms with E-state index in [-0.39, 0.29) is 5.91 Å². The Bertz CT molecular complexity index is 867. The van der Waals surface area contributed by atoms with Gasteiger partial charge in [0.25, 0.3) is 0 Å². The number of hydrogen-bond donors (Lipinski definition) is 2. The molecule has 0 atom stereocenters. The number of nitrogens with zero attached hydrogens (tertiary/aromatic N) is 1. The van der Waals surface area contributed by atoms with Gasteiger partial charge in [0.05, 0.1) is 33.4 Å². The summed E-state index contributed by atoms with van der Waals surface area (Å²) in [7, 11) is 4.54. The summed E-state index contributed by atoms with van der Waals surface area (Å²) in [6, 6.07) is 10.1. The van der Waals surface area contributed by atoms with Gasteiger partial charge in [-0.15, -0.1) is 0 Å². The highest BCUT2D eigenvalue weighted by atomic mass is 16.5. The van der Waals surface area contributed by atoms with E-state index in [1.54, 1.807) is 24.3 Å². The second-order valence-corrected chi connectivity index (χ2v) is 6.95. The van der Waals surface area contributed by atoms with Crippen LogP contribution in [0.3, 0.4) is 0 Å². The van der Waals surface area contributed by atoms with Crippen LogP contribution in [0.5, 0.6) is 17.2 Å². The van der Waals surface area contributed by atoms with Crippen molar-refractivity contribution in [2.75, 3.05) is 45.1 Å². The van der Waals surface area contributed by atoms with Crippen LogP contribution in [0.15, 0.2) is 36.4 Å². The van der Waals surface area contributed by atoms with E-state index in [0.717, 1.165) is 31.5 Å². The van der Waals surface area contributed by atoms with Crippen molar-refractivity contribution >= 4 is 23.3 Å². The van der Waals surface area contributed by atoms with E-state index in [9.17, 15) is 9.59 Å². The quantitative estimate of drug-likeness (QED) is 0.725. The van der Waals surface area contributed by atoms with Gasteiger partial charge in [-0.3, -0.25) is 4.79 Å². The third-order valence-electron chi connectivity index (χ3n) is 4.95. The number of carbonyl (C=O) groups is 2. The van der Waals surface area contributed by atoms with Crippen molar-refractivity contribution < 1.29 is 23.8 Å². The highest BCUT2D eigenvalue weighted by Gasteiger charge is 2.18. The molecule has 3 rings (SSSR count). The number of carbonyl (C=O) groups excluding carboxylic acids is 2. The van der Waals surface area contributed by atoms with Gasteiger partial charge >= 0.3 is 6.03 Å². The summed E-state index contributed by atoms with van der Waals surface area (Å²) in [5, 5.41) is 5.52. The molecule has 1 saturated heterocycles. The van der Waals surface area contributed by atoms with Crippen molar-refractivity contribution in [3.8, 4) is 17.2 Å². The molecular formula is C22H27N3O5. The number of rotatable bonds is 7. The van der Waals surface area contributed by atoms with E-state index >= 15 is 0 Å². The van der Waals surface area contributed by atoms with Crippen LogP contribution in [0.4, 0.5) is 16.2 Å². The Hall–Kier alpha value is -3.42. The first-order chi connectivity index (χ1) is 14.5. The molecule has 8 nitrogen and oxygen atoms in total. The lowest BCUT2D eigenvalue weighted by atomic mass is 10.1. The molecule has 1 heterocycles. The van der Waals surface area contributed by atoms with Crippen LogP contribution in [0.25, 0.3) is 0 Å². The lowest BCUT2D eigenvalue weighted by Crippen LogP contribution is -2.29. The van der Waals surface area contributed by atoms with Gasteiger partial charge < -0.3 is 29.7 Å². The summed E-state index contributed by atoms with van der Waals surface area (Å²) in [4.78, 5) is 26.5. The summed E-state index contributed by atoms with van der Waals surface area (Å²) in [5.74, 6) is 1.48. The normalized spacial score (nSPS) is 13.0. The smallest absolute Gasteiger partial charge is 0.323 e. The van der Waals surface area contributed by atoms with E-state index in [1.165, 1.54) is 21.3 Å². The Balaban J connectivity index is 1.60. The molecule has 0 spiro atoms. The molecule has 30 heavy (non-hydrogen) atoms. The lowest BCUT2D eigenvalue weighted by molar-refractivity contribution is -0.129. The van der Waals surface area contributed by atoms with Gasteiger partial charge in [-0.2, -0.15) is 0 Å². The molecule has 0 unspecified atom stereocenters. The maximum atomic E-state index is 12.4. The molecule has 2 aromatic carbocycles.